The Morgan fingerprint density at radius 2 is 2.00 bits per heavy atom. The Morgan fingerprint density at radius 1 is 1.08 bits per heavy atom. The fourth-order valence-corrected chi connectivity index (χ4v) is 3.63. The molecule has 0 amide bonds. The number of aromatic hydroxyl groups is 1. The van der Waals surface area contributed by atoms with E-state index < -0.39 is 0 Å². The number of rotatable bonds is 4. The Hall–Kier alpha value is -2.95. The van der Waals surface area contributed by atoms with E-state index in [4.69, 9.17) is 4.98 Å². The molecule has 1 aliphatic rings. The predicted molar refractivity (Wildman–Crippen MR) is 95.6 cm³/mol. The number of benzene rings is 1. The highest BCUT2D eigenvalue weighted by Crippen LogP contribution is 2.49. The lowest BCUT2D eigenvalue weighted by atomic mass is 10.1. The van der Waals surface area contributed by atoms with E-state index in [-0.39, 0.29) is 5.88 Å². The zero-order valence-electron chi connectivity index (χ0n) is 13.7. The van der Waals surface area contributed by atoms with Gasteiger partial charge in [-0.1, -0.05) is 24.3 Å². The lowest BCUT2D eigenvalue weighted by Gasteiger charge is -2.04. The van der Waals surface area contributed by atoms with Crippen LogP contribution in [-0.4, -0.2) is 24.7 Å². The van der Waals surface area contributed by atoms with E-state index in [0.717, 1.165) is 24.1 Å². The molecule has 25 heavy (non-hydrogen) atoms. The summed E-state index contributed by atoms with van der Waals surface area (Å²) >= 11 is 0. The summed E-state index contributed by atoms with van der Waals surface area (Å²) in [5, 5.41) is 15.2. The van der Waals surface area contributed by atoms with Crippen LogP contribution in [0.5, 0.6) is 5.88 Å². The molecule has 1 aromatic carbocycles. The first-order valence-electron chi connectivity index (χ1n) is 8.66. The van der Waals surface area contributed by atoms with Crippen LogP contribution in [0.1, 0.15) is 30.1 Å². The number of hydrogen-bond acceptors (Lipinski definition) is 4. The minimum absolute atomic E-state index is 0.147. The lowest BCUT2D eigenvalue weighted by molar-refractivity contribution is 0.433. The first kappa shape index (κ1) is 14.4. The summed E-state index contributed by atoms with van der Waals surface area (Å²) in [7, 11) is 0. The van der Waals surface area contributed by atoms with Gasteiger partial charge in [0.05, 0.1) is 11.7 Å². The molecule has 5 rings (SSSR count). The topological polar surface area (TPSA) is 63.3 Å². The molecule has 1 N–H and O–H groups in total. The normalized spacial score (nSPS) is 19.5. The Bertz CT molecular complexity index is 1070. The van der Waals surface area contributed by atoms with Crippen LogP contribution in [0.4, 0.5) is 0 Å². The quantitative estimate of drug-likeness (QED) is 0.619. The monoisotopic (exact) mass is 330 g/mol. The molecule has 5 nitrogen and oxygen atoms in total. The molecule has 5 heteroatoms. The summed E-state index contributed by atoms with van der Waals surface area (Å²) in [5.74, 6) is 1.35. The molecule has 0 spiro atoms. The summed E-state index contributed by atoms with van der Waals surface area (Å²) < 4.78 is 1.45. The van der Waals surface area contributed by atoms with Crippen LogP contribution in [0.2, 0.25) is 0 Å². The van der Waals surface area contributed by atoms with Crippen molar-refractivity contribution in [2.24, 2.45) is 5.92 Å². The first-order valence-corrected chi connectivity index (χ1v) is 8.66. The summed E-state index contributed by atoms with van der Waals surface area (Å²) in [6, 6.07) is 16.1. The minimum atomic E-state index is 0.147. The number of aromatic nitrogens is 4. The second-order valence-electron chi connectivity index (χ2n) is 6.78. The molecule has 3 aromatic heterocycles. The summed E-state index contributed by atoms with van der Waals surface area (Å²) in [4.78, 5) is 9.38. The molecule has 3 heterocycles. The molecule has 2 atom stereocenters. The summed E-state index contributed by atoms with van der Waals surface area (Å²) in [5.41, 5.74) is 3.88. The van der Waals surface area contributed by atoms with Crippen molar-refractivity contribution in [3.8, 4) is 5.88 Å². The van der Waals surface area contributed by atoms with Gasteiger partial charge in [-0.25, -0.2) is 4.98 Å². The maximum atomic E-state index is 10.0. The van der Waals surface area contributed by atoms with Crippen LogP contribution in [-0.2, 0) is 6.42 Å². The first-order chi connectivity index (χ1) is 12.3. The SMILES string of the molecule is Oc1cc(CCC2CC2c2ccc3ccccc3n2)nc2ccnn12. The van der Waals surface area contributed by atoms with Crippen molar-refractivity contribution in [3.05, 3.63) is 66.1 Å². The standard InChI is InChI=1S/C20H18N4O/c25-20-12-15(22-19-9-10-21-24(19)20)7-5-14-11-16(14)18-8-6-13-3-1-2-4-17(13)23-18/h1-4,6,8-10,12,14,16,25H,5,7,11H2. The molecular weight excluding hydrogens is 312 g/mol. The average Bonchev–Trinajstić information content (AvgIpc) is 3.26. The number of hydrogen-bond donors (Lipinski definition) is 1. The number of pyridine rings is 1. The van der Waals surface area contributed by atoms with Crippen molar-refractivity contribution in [2.75, 3.05) is 0 Å². The van der Waals surface area contributed by atoms with Gasteiger partial charge >= 0.3 is 0 Å². The Kier molecular flexibility index (Phi) is 3.20. The molecule has 0 radical (unpaired) electrons. The molecule has 4 aromatic rings. The molecule has 0 aliphatic heterocycles. The fourth-order valence-electron chi connectivity index (χ4n) is 3.63. The van der Waals surface area contributed by atoms with E-state index in [2.05, 4.69) is 34.3 Å². The fraction of sp³-hybridized carbons (Fsp3) is 0.250. The largest absolute Gasteiger partial charge is 0.493 e. The van der Waals surface area contributed by atoms with E-state index in [1.165, 1.54) is 22.0 Å². The third-order valence-corrected chi connectivity index (χ3v) is 5.09. The van der Waals surface area contributed by atoms with Gasteiger partial charge in [-0.2, -0.15) is 9.61 Å². The second-order valence-corrected chi connectivity index (χ2v) is 6.78. The van der Waals surface area contributed by atoms with Crippen molar-refractivity contribution in [3.63, 3.8) is 0 Å². The smallest absolute Gasteiger partial charge is 0.215 e. The van der Waals surface area contributed by atoms with Gasteiger partial charge in [0, 0.05) is 34.8 Å². The van der Waals surface area contributed by atoms with Gasteiger partial charge in [0.25, 0.3) is 0 Å². The van der Waals surface area contributed by atoms with Crippen molar-refractivity contribution in [1.82, 2.24) is 19.6 Å². The van der Waals surface area contributed by atoms with Crippen molar-refractivity contribution < 1.29 is 5.11 Å². The van der Waals surface area contributed by atoms with Gasteiger partial charge < -0.3 is 5.11 Å². The van der Waals surface area contributed by atoms with Crippen LogP contribution in [0.15, 0.2) is 54.7 Å². The zero-order chi connectivity index (χ0) is 16.8. The maximum Gasteiger partial charge on any atom is 0.215 e. The highest BCUT2D eigenvalue weighted by molar-refractivity contribution is 5.78. The lowest BCUT2D eigenvalue weighted by Crippen LogP contribution is -1.98. The van der Waals surface area contributed by atoms with Crippen LogP contribution in [0.25, 0.3) is 16.6 Å². The third kappa shape index (κ3) is 2.61. The highest BCUT2D eigenvalue weighted by atomic mass is 16.3. The highest BCUT2D eigenvalue weighted by Gasteiger charge is 2.38. The van der Waals surface area contributed by atoms with Gasteiger partial charge in [0.2, 0.25) is 5.88 Å². The second kappa shape index (κ2) is 5.55. The molecule has 0 saturated heterocycles. The Labute approximate surface area is 145 Å². The summed E-state index contributed by atoms with van der Waals surface area (Å²) in [6.07, 6.45) is 4.76. The summed E-state index contributed by atoms with van der Waals surface area (Å²) in [6.45, 7) is 0. The van der Waals surface area contributed by atoms with Crippen molar-refractivity contribution in [1.29, 1.82) is 0 Å². The van der Waals surface area contributed by atoms with E-state index in [1.807, 2.05) is 18.2 Å². The maximum absolute atomic E-state index is 10.0. The number of nitrogens with zero attached hydrogens (tertiary/aromatic N) is 4. The molecule has 1 fully saturated rings. The van der Waals surface area contributed by atoms with Gasteiger partial charge in [0.15, 0.2) is 5.65 Å². The van der Waals surface area contributed by atoms with E-state index in [0.29, 0.717) is 17.5 Å². The van der Waals surface area contributed by atoms with Gasteiger partial charge in [-0.15, -0.1) is 0 Å². The number of fused-ring (bicyclic) bond motifs is 2. The van der Waals surface area contributed by atoms with Crippen molar-refractivity contribution in [2.45, 2.75) is 25.2 Å². The number of para-hydroxylation sites is 1. The van der Waals surface area contributed by atoms with E-state index in [9.17, 15) is 5.11 Å². The molecule has 2 unspecified atom stereocenters. The van der Waals surface area contributed by atoms with Crippen LogP contribution >= 0.6 is 0 Å². The molecule has 1 saturated carbocycles. The van der Waals surface area contributed by atoms with Gasteiger partial charge in [0.1, 0.15) is 0 Å². The molecule has 0 bridgehead atoms. The number of aryl methyl sites for hydroxylation is 1. The Balaban J connectivity index is 1.29. The van der Waals surface area contributed by atoms with E-state index in [1.54, 1.807) is 12.3 Å². The Morgan fingerprint density at radius 3 is 2.96 bits per heavy atom. The van der Waals surface area contributed by atoms with Crippen LogP contribution in [0.3, 0.4) is 0 Å². The average molecular weight is 330 g/mol. The zero-order valence-corrected chi connectivity index (χ0v) is 13.7. The third-order valence-electron chi connectivity index (χ3n) is 5.09. The van der Waals surface area contributed by atoms with Gasteiger partial charge in [-0.3, -0.25) is 4.98 Å². The van der Waals surface area contributed by atoms with E-state index >= 15 is 0 Å². The predicted octanol–water partition coefficient (Wildman–Crippen LogP) is 3.72. The van der Waals surface area contributed by atoms with Crippen LogP contribution < -0.4 is 0 Å². The molecule has 124 valence electrons. The molecule has 1 aliphatic carbocycles. The minimum Gasteiger partial charge on any atom is -0.493 e. The molecular formula is C20H18N4O. The van der Waals surface area contributed by atoms with Crippen molar-refractivity contribution >= 4 is 16.6 Å². The van der Waals surface area contributed by atoms with Gasteiger partial charge in [-0.05, 0) is 37.3 Å². The van der Waals surface area contributed by atoms with Crippen LogP contribution in [0, 0.1) is 5.92 Å².